The van der Waals surface area contributed by atoms with Gasteiger partial charge in [-0.05, 0) is 61.2 Å². The number of nitrogens with zero attached hydrogens (tertiary/aromatic N) is 4. The van der Waals surface area contributed by atoms with Crippen molar-refractivity contribution in [1.82, 2.24) is 19.5 Å². The van der Waals surface area contributed by atoms with Crippen molar-refractivity contribution >= 4 is 22.7 Å². The number of nitrogen functional groups attached to an aromatic ring is 2. The van der Waals surface area contributed by atoms with Gasteiger partial charge in [-0.1, -0.05) is 17.8 Å². The summed E-state index contributed by atoms with van der Waals surface area (Å²) in [6, 6.07) is 24.7. The number of imidazole rings is 1. The summed E-state index contributed by atoms with van der Waals surface area (Å²) in [5.74, 6) is 1.10. The van der Waals surface area contributed by atoms with Crippen LogP contribution in [0.3, 0.4) is 0 Å². The van der Waals surface area contributed by atoms with Crippen molar-refractivity contribution in [2.45, 2.75) is 24.8 Å². The van der Waals surface area contributed by atoms with Crippen LogP contribution in [0.2, 0.25) is 0 Å². The standard InChI is InChI=1S/C27H24N7.CH3.U/c28-19-8-4-17(5-9-19)22-12-13-23-26(32-22)34(25(33-23)21-3-1-16-31-24(21)29)20-10-6-18(7-11-20)27(30)14-2-15-27;;/h1,3-8,10-13,16H,2,14-15,28,30H2,(H2,29,31);1H3;/q2*-1;+2. The first-order chi connectivity index (χ1) is 16.5. The minimum absolute atomic E-state index is 0. The molecule has 0 aliphatic heterocycles. The summed E-state index contributed by atoms with van der Waals surface area (Å²) in [7, 11) is 0. The average molecular weight is 700 g/mol. The minimum Gasteiger partial charge on any atom is -0.420 e. The number of pyridine rings is 2. The molecule has 1 saturated carbocycles. The van der Waals surface area contributed by atoms with E-state index in [4.69, 9.17) is 27.2 Å². The second kappa shape index (κ2) is 10.1. The van der Waals surface area contributed by atoms with Crippen LogP contribution in [0.5, 0.6) is 0 Å². The van der Waals surface area contributed by atoms with Gasteiger partial charge in [0.1, 0.15) is 11.3 Å². The Balaban J connectivity index is 0.00000152. The molecule has 5 aromatic rings. The number of hydrogen-bond donors (Lipinski definition) is 3. The summed E-state index contributed by atoms with van der Waals surface area (Å²) in [5, 5.41) is 0. The Bertz CT molecular complexity index is 1500. The number of fused-ring (bicyclic) bond motifs is 1. The van der Waals surface area contributed by atoms with Crippen molar-refractivity contribution in [2.24, 2.45) is 5.73 Å². The van der Waals surface area contributed by atoms with Gasteiger partial charge in [0.05, 0.1) is 5.56 Å². The van der Waals surface area contributed by atoms with Crippen LogP contribution in [-0.4, -0.2) is 19.5 Å². The quantitative estimate of drug-likeness (QED) is 0.181. The number of anilines is 2. The van der Waals surface area contributed by atoms with E-state index in [1.165, 1.54) is 6.42 Å². The van der Waals surface area contributed by atoms with Crippen molar-refractivity contribution in [3.63, 3.8) is 0 Å². The summed E-state index contributed by atoms with van der Waals surface area (Å²) in [4.78, 5) is 14.1. The van der Waals surface area contributed by atoms with Gasteiger partial charge in [0.15, 0.2) is 11.5 Å². The summed E-state index contributed by atoms with van der Waals surface area (Å²) in [6.07, 6.45) is 4.88. The molecule has 0 amide bonds. The second-order valence-electron chi connectivity index (χ2n) is 8.84. The van der Waals surface area contributed by atoms with Crippen molar-refractivity contribution in [3.05, 3.63) is 92.0 Å². The summed E-state index contributed by atoms with van der Waals surface area (Å²) >= 11 is 0. The Kier molecular flexibility index (Phi) is 7.24. The summed E-state index contributed by atoms with van der Waals surface area (Å²) in [5.41, 5.74) is 25.0. The van der Waals surface area contributed by atoms with Crippen molar-refractivity contribution in [1.29, 1.82) is 0 Å². The van der Waals surface area contributed by atoms with Crippen molar-refractivity contribution < 1.29 is 31.1 Å². The first-order valence-electron chi connectivity index (χ1n) is 11.3. The molecule has 36 heavy (non-hydrogen) atoms. The molecule has 8 heteroatoms. The van der Waals surface area contributed by atoms with Crippen LogP contribution in [0.25, 0.3) is 39.5 Å². The molecule has 0 bridgehead atoms. The van der Waals surface area contributed by atoms with Gasteiger partial charge in [0.2, 0.25) is 0 Å². The predicted octanol–water partition coefficient (Wildman–Crippen LogP) is 4.90. The largest absolute Gasteiger partial charge is 2.00 e. The smallest absolute Gasteiger partial charge is 0.420 e. The maximum atomic E-state index is 6.55. The van der Waals surface area contributed by atoms with Gasteiger partial charge in [0.25, 0.3) is 0 Å². The molecule has 7 nitrogen and oxygen atoms in total. The van der Waals surface area contributed by atoms with Gasteiger partial charge in [0, 0.05) is 23.1 Å². The van der Waals surface area contributed by atoms with Crippen molar-refractivity contribution in [3.8, 4) is 28.3 Å². The number of rotatable bonds is 4. The Morgan fingerprint density at radius 2 is 1.69 bits per heavy atom. The third-order valence-electron chi connectivity index (χ3n) is 6.66. The third-order valence-corrected chi connectivity index (χ3v) is 6.66. The van der Waals surface area contributed by atoms with Crippen molar-refractivity contribution in [2.75, 3.05) is 11.5 Å². The fraction of sp³-hybridized carbons (Fsp3) is 0.143. The van der Waals surface area contributed by atoms with E-state index < -0.39 is 0 Å². The number of hydrogen-bond acceptors (Lipinski definition) is 6. The first-order valence-corrected chi connectivity index (χ1v) is 11.3. The number of aromatic nitrogens is 4. The molecule has 0 atom stereocenters. The number of nitrogens with two attached hydrogens (primary N) is 3. The third kappa shape index (κ3) is 4.41. The van der Waals surface area contributed by atoms with Crippen LogP contribution in [0.4, 0.5) is 11.5 Å². The molecule has 1 aliphatic carbocycles. The van der Waals surface area contributed by atoms with Crippen LogP contribution < -0.4 is 17.2 Å². The van der Waals surface area contributed by atoms with E-state index in [1.54, 1.807) is 6.20 Å². The molecular weight excluding hydrogens is 672 g/mol. The van der Waals surface area contributed by atoms with Crippen LogP contribution in [0.15, 0.2) is 72.9 Å². The minimum atomic E-state index is -0.219. The molecule has 6 N–H and O–H groups in total. The van der Waals surface area contributed by atoms with Crippen LogP contribution in [-0.2, 0) is 5.54 Å². The average Bonchev–Trinajstić information content (AvgIpc) is 3.22. The van der Waals surface area contributed by atoms with Gasteiger partial charge in [-0.15, -0.1) is 11.6 Å². The molecule has 2 aromatic carbocycles. The van der Waals surface area contributed by atoms with E-state index in [1.807, 2.05) is 47.0 Å². The van der Waals surface area contributed by atoms with E-state index in [0.29, 0.717) is 17.3 Å². The zero-order valence-corrected chi connectivity index (χ0v) is 24.2. The maximum Gasteiger partial charge on any atom is 2.00 e. The molecule has 3 aromatic heterocycles. The van der Waals surface area contributed by atoms with Crippen LogP contribution in [0.1, 0.15) is 24.8 Å². The van der Waals surface area contributed by atoms with E-state index in [0.717, 1.165) is 52.1 Å². The molecule has 0 spiro atoms. The Morgan fingerprint density at radius 3 is 2.33 bits per heavy atom. The normalized spacial score (nSPS) is 13.9. The van der Waals surface area contributed by atoms with Crippen LogP contribution in [0, 0.1) is 44.6 Å². The van der Waals surface area contributed by atoms with E-state index >= 15 is 0 Å². The van der Waals surface area contributed by atoms with Gasteiger partial charge in [-0.25, -0.2) is 15.0 Å². The topological polar surface area (TPSA) is 122 Å². The van der Waals surface area contributed by atoms with E-state index in [2.05, 4.69) is 35.3 Å². The van der Waals surface area contributed by atoms with Gasteiger partial charge >= 0.3 is 31.1 Å². The van der Waals surface area contributed by atoms with Gasteiger partial charge < -0.3 is 24.6 Å². The number of benzene rings is 2. The molecule has 6 rings (SSSR count). The predicted molar refractivity (Wildman–Crippen MR) is 141 cm³/mol. The zero-order valence-electron chi connectivity index (χ0n) is 20.1. The zero-order chi connectivity index (χ0) is 23.3. The SMILES string of the molecule is Nc1[c-]cc(-c2ccc3nc(-c4cccnc4N)n(-c4ccc(C5(N)CCC5)cc4)c3n2)cc1.[CH3-].[U+2]. The molecule has 178 valence electrons. The van der Waals surface area contributed by atoms with E-state index in [9.17, 15) is 0 Å². The van der Waals surface area contributed by atoms with Gasteiger partial charge in [-0.2, -0.15) is 18.2 Å². The molecule has 3 heterocycles. The Labute approximate surface area is 234 Å². The fourth-order valence-electron chi connectivity index (χ4n) is 4.53. The first kappa shape index (κ1) is 25.9. The Hall–Kier alpha value is -3.18. The van der Waals surface area contributed by atoms with Crippen LogP contribution >= 0.6 is 0 Å². The maximum absolute atomic E-state index is 6.55. The summed E-state index contributed by atoms with van der Waals surface area (Å²) < 4.78 is 2.03. The Morgan fingerprint density at radius 1 is 0.917 bits per heavy atom. The van der Waals surface area contributed by atoms with Gasteiger partial charge in [-0.3, -0.25) is 4.57 Å². The molecule has 0 saturated heterocycles. The molecule has 1 fully saturated rings. The van der Waals surface area contributed by atoms with E-state index in [-0.39, 0.29) is 44.1 Å². The molecule has 0 unspecified atom stereocenters. The molecular formula is C28H27N7U. The summed E-state index contributed by atoms with van der Waals surface area (Å²) in [6.45, 7) is 0. The fourth-order valence-corrected chi connectivity index (χ4v) is 4.53. The monoisotopic (exact) mass is 699 g/mol. The second-order valence-corrected chi connectivity index (χ2v) is 8.84. The molecule has 1 aliphatic rings. The molecule has 0 radical (unpaired) electrons.